The molecule has 3 aromatic carbocycles. The van der Waals surface area contributed by atoms with Crippen molar-refractivity contribution in [3.8, 4) is 5.75 Å². The van der Waals surface area contributed by atoms with E-state index in [0.717, 1.165) is 22.1 Å². The van der Waals surface area contributed by atoms with Gasteiger partial charge in [0.15, 0.2) is 6.61 Å². The van der Waals surface area contributed by atoms with Crippen molar-refractivity contribution in [2.24, 2.45) is 0 Å². The maximum Gasteiger partial charge on any atom is 0.264 e. The molecule has 0 atom stereocenters. The van der Waals surface area contributed by atoms with E-state index in [4.69, 9.17) is 4.74 Å². The third kappa shape index (κ3) is 4.66. The van der Waals surface area contributed by atoms with Gasteiger partial charge in [-0.3, -0.25) is 9.10 Å². The number of nitrogens with one attached hydrogen (secondary N) is 1. The number of hydrogen-bond donors (Lipinski definition) is 1. The first-order valence-corrected chi connectivity index (χ1v) is 12.5. The second kappa shape index (κ2) is 9.34. The monoisotopic (exact) mass is 514 g/mol. The Hall–Kier alpha value is -2.84. The Kier molecular flexibility index (Phi) is 6.53. The number of carbonyl (C=O) groups excluding carboxylic acids is 1. The van der Waals surface area contributed by atoms with Crippen LogP contribution >= 0.6 is 15.9 Å². The SMILES string of the molecule is CCc1ccc(OCC(=O)Nc2ccc(S(=O)(=O)N3CCc4ccccc43)cc2)c(Br)c1. The number of ether oxygens (including phenoxy) is 1. The van der Waals surface area contributed by atoms with Gasteiger partial charge in [-0.05, 0) is 82.4 Å². The van der Waals surface area contributed by atoms with Crippen LogP contribution in [-0.4, -0.2) is 27.5 Å². The summed E-state index contributed by atoms with van der Waals surface area (Å²) in [6, 6.07) is 19.4. The van der Waals surface area contributed by atoms with E-state index in [-0.39, 0.29) is 17.4 Å². The zero-order valence-electron chi connectivity index (χ0n) is 17.5. The highest BCUT2D eigenvalue weighted by molar-refractivity contribution is 9.10. The minimum absolute atomic E-state index is 0.158. The van der Waals surface area contributed by atoms with Crippen LogP contribution in [0.5, 0.6) is 5.75 Å². The summed E-state index contributed by atoms with van der Waals surface area (Å²) in [5.74, 6) is 0.255. The maximum absolute atomic E-state index is 13.1. The van der Waals surface area contributed by atoms with E-state index < -0.39 is 10.0 Å². The number of nitrogens with zero attached hydrogens (tertiary/aromatic N) is 1. The predicted octanol–water partition coefficient (Wildman–Crippen LogP) is 4.78. The fourth-order valence-corrected chi connectivity index (χ4v) is 5.66. The van der Waals surface area contributed by atoms with Crippen molar-refractivity contribution < 1.29 is 17.9 Å². The van der Waals surface area contributed by atoms with Gasteiger partial charge in [0, 0.05) is 12.2 Å². The van der Waals surface area contributed by atoms with E-state index in [9.17, 15) is 13.2 Å². The van der Waals surface area contributed by atoms with Crippen LogP contribution in [0, 0.1) is 0 Å². The quantitative estimate of drug-likeness (QED) is 0.492. The Morgan fingerprint density at radius 1 is 1.09 bits per heavy atom. The molecular formula is C24H23BrN2O4S. The highest BCUT2D eigenvalue weighted by Gasteiger charge is 2.30. The standard InChI is InChI=1S/C24H23BrN2O4S/c1-2-17-7-12-23(21(25)15-17)31-16-24(28)26-19-8-10-20(11-9-19)32(29,30)27-14-13-18-5-3-4-6-22(18)27/h3-12,15H,2,13-14,16H2,1H3,(H,26,28). The van der Waals surface area contributed by atoms with Crippen molar-refractivity contribution in [2.75, 3.05) is 22.8 Å². The van der Waals surface area contributed by atoms with Gasteiger partial charge in [-0.25, -0.2) is 8.42 Å². The summed E-state index contributed by atoms with van der Waals surface area (Å²) in [6.45, 7) is 2.33. The zero-order chi connectivity index (χ0) is 22.7. The molecule has 0 aromatic heterocycles. The highest BCUT2D eigenvalue weighted by Crippen LogP contribution is 2.33. The third-order valence-electron chi connectivity index (χ3n) is 5.33. The number of rotatable bonds is 7. The van der Waals surface area contributed by atoms with Crippen LogP contribution in [0.4, 0.5) is 11.4 Å². The molecule has 0 aliphatic carbocycles. The summed E-state index contributed by atoms with van der Waals surface area (Å²) >= 11 is 3.45. The lowest BCUT2D eigenvalue weighted by Crippen LogP contribution is -2.29. The number of amides is 1. The van der Waals surface area contributed by atoms with Crippen molar-refractivity contribution in [3.05, 3.63) is 82.3 Å². The molecule has 4 rings (SSSR count). The summed E-state index contributed by atoms with van der Waals surface area (Å²) in [6.07, 6.45) is 1.61. The molecule has 1 N–H and O–H groups in total. The lowest BCUT2D eigenvalue weighted by atomic mass is 10.2. The van der Waals surface area contributed by atoms with Crippen molar-refractivity contribution in [1.29, 1.82) is 0 Å². The molecule has 0 unspecified atom stereocenters. The fraction of sp³-hybridized carbons (Fsp3) is 0.208. The van der Waals surface area contributed by atoms with Gasteiger partial charge >= 0.3 is 0 Å². The average Bonchev–Trinajstić information content (AvgIpc) is 3.23. The topological polar surface area (TPSA) is 75.7 Å². The van der Waals surface area contributed by atoms with Crippen LogP contribution < -0.4 is 14.4 Å². The molecule has 32 heavy (non-hydrogen) atoms. The van der Waals surface area contributed by atoms with Crippen LogP contribution in [-0.2, 0) is 27.7 Å². The molecule has 0 radical (unpaired) electrons. The van der Waals surface area contributed by atoms with E-state index in [0.29, 0.717) is 24.4 Å². The van der Waals surface area contributed by atoms with Gasteiger partial charge in [0.05, 0.1) is 15.1 Å². The van der Waals surface area contributed by atoms with Crippen LogP contribution in [0.25, 0.3) is 0 Å². The maximum atomic E-state index is 13.1. The van der Waals surface area contributed by atoms with E-state index >= 15 is 0 Å². The first-order valence-electron chi connectivity index (χ1n) is 10.3. The molecule has 0 bridgehead atoms. The molecule has 1 aliphatic heterocycles. The number of hydrogen-bond acceptors (Lipinski definition) is 4. The van der Waals surface area contributed by atoms with Gasteiger partial charge in [-0.1, -0.05) is 31.2 Å². The highest BCUT2D eigenvalue weighted by atomic mass is 79.9. The minimum Gasteiger partial charge on any atom is -0.483 e. The molecule has 0 saturated carbocycles. The second-order valence-corrected chi connectivity index (χ2v) is 10.2. The first-order chi connectivity index (χ1) is 15.4. The molecular weight excluding hydrogens is 492 g/mol. The van der Waals surface area contributed by atoms with E-state index in [1.54, 1.807) is 12.1 Å². The van der Waals surface area contributed by atoms with Crippen LogP contribution in [0.3, 0.4) is 0 Å². The molecule has 0 spiro atoms. The van der Waals surface area contributed by atoms with Crippen molar-refractivity contribution >= 4 is 43.2 Å². The normalized spacial score (nSPS) is 13.0. The molecule has 0 fully saturated rings. The number of aryl methyl sites for hydroxylation is 1. The molecule has 0 saturated heterocycles. The van der Waals surface area contributed by atoms with Crippen molar-refractivity contribution in [2.45, 2.75) is 24.7 Å². The lowest BCUT2D eigenvalue weighted by molar-refractivity contribution is -0.118. The van der Waals surface area contributed by atoms with E-state index in [1.807, 2.05) is 42.5 Å². The van der Waals surface area contributed by atoms with Crippen LogP contribution in [0.1, 0.15) is 18.1 Å². The zero-order valence-corrected chi connectivity index (χ0v) is 19.9. The van der Waals surface area contributed by atoms with Crippen molar-refractivity contribution in [3.63, 3.8) is 0 Å². The predicted molar refractivity (Wildman–Crippen MR) is 129 cm³/mol. The second-order valence-electron chi connectivity index (χ2n) is 7.44. The molecule has 8 heteroatoms. The number of carbonyl (C=O) groups is 1. The smallest absolute Gasteiger partial charge is 0.264 e. The van der Waals surface area contributed by atoms with Gasteiger partial charge in [0.2, 0.25) is 0 Å². The molecule has 1 amide bonds. The number of benzene rings is 3. The largest absolute Gasteiger partial charge is 0.483 e. The van der Waals surface area contributed by atoms with Gasteiger partial charge in [-0.15, -0.1) is 0 Å². The molecule has 1 aliphatic rings. The average molecular weight is 515 g/mol. The van der Waals surface area contributed by atoms with Gasteiger partial charge < -0.3 is 10.1 Å². The fourth-order valence-electron chi connectivity index (χ4n) is 3.62. The summed E-state index contributed by atoms with van der Waals surface area (Å²) in [4.78, 5) is 12.5. The Balaban J connectivity index is 1.39. The molecule has 3 aromatic rings. The lowest BCUT2D eigenvalue weighted by Gasteiger charge is -2.19. The number of para-hydroxylation sites is 1. The Labute approximate surface area is 196 Å². The number of halogens is 1. The van der Waals surface area contributed by atoms with Crippen molar-refractivity contribution in [1.82, 2.24) is 0 Å². The molecule has 6 nitrogen and oxygen atoms in total. The Morgan fingerprint density at radius 2 is 1.84 bits per heavy atom. The van der Waals surface area contributed by atoms with E-state index in [1.165, 1.54) is 22.0 Å². The number of anilines is 2. The minimum atomic E-state index is -3.66. The summed E-state index contributed by atoms with van der Waals surface area (Å²) < 4.78 is 34.0. The van der Waals surface area contributed by atoms with E-state index in [2.05, 4.69) is 28.2 Å². The summed E-state index contributed by atoms with van der Waals surface area (Å²) in [5, 5.41) is 2.73. The summed E-state index contributed by atoms with van der Waals surface area (Å²) in [7, 11) is -3.66. The van der Waals surface area contributed by atoms with Gasteiger partial charge in [-0.2, -0.15) is 0 Å². The first kappa shape index (κ1) is 22.4. The van der Waals surface area contributed by atoms with Gasteiger partial charge in [0.25, 0.3) is 15.9 Å². The van der Waals surface area contributed by atoms with Crippen LogP contribution in [0.2, 0.25) is 0 Å². The van der Waals surface area contributed by atoms with Crippen LogP contribution in [0.15, 0.2) is 76.1 Å². The number of sulfonamides is 1. The number of fused-ring (bicyclic) bond motifs is 1. The third-order valence-corrected chi connectivity index (χ3v) is 7.78. The van der Waals surface area contributed by atoms with Gasteiger partial charge in [0.1, 0.15) is 5.75 Å². The Bertz CT molecular complexity index is 1240. The summed E-state index contributed by atoms with van der Waals surface area (Å²) in [5.41, 5.74) is 3.41. The Morgan fingerprint density at radius 3 is 2.56 bits per heavy atom. The molecule has 1 heterocycles. The molecule has 166 valence electrons.